The van der Waals surface area contributed by atoms with Gasteiger partial charge in [-0.2, -0.15) is 0 Å². The number of benzene rings is 2. The molecule has 0 unspecified atom stereocenters. The number of nitrogens with zero attached hydrogens (tertiary/aromatic N) is 1. The molecule has 0 saturated heterocycles. The van der Waals surface area contributed by atoms with Crippen molar-refractivity contribution in [3.8, 4) is 0 Å². The standard InChI is InChI=1S/C19H23N3O3S/c1-3-26(24,25)21-18-9-8-17(12-14(18)2)20-19(23)22-11-10-15-6-4-5-7-16(15)13-22/h4-9,12,21H,3,10-11,13H2,1-2H3,(H,20,23). The van der Waals surface area contributed by atoms with Crippen LogP contribution in [0.2, 0.25) is 0 Å². The maximum Gasteiger partial charge on any atom is 0.322 e. The number of amides is 2. The van der Waals surface area contributed by atoms with Crippen molar-refractivity contribution in [2.24, 2.45) is 0 Å². The van der Waals surface area contributed by atoms with E-state index in [1.807, 2.05) is 18.2 Å². The highest BCUT2D eigenvalue weighted by atomic mass is 32.2. The molecular formula is C19H23N3O3S. The van der Waals surface area contributed by atoms with E-state index in [-0.39, 0.29) is 11.8 Å². The number of sulfonamides is 1. The highest BCUT2D eigenvalue weighted by Gasteiger charge is 2.20. The van der Waals surface area contributed by atoms with Gasteiger partial charge in [0, 0.05) is 18.8 Å². The summed E-state index contributed by atoms with van der Waals surface area (Å²) < 4.78 is 25.9. The molecule has 2 amide bonds. The van der Waals surface area contributed by atoms with E-state index in [2.05, 4.69) is 16.1 Å². The first-order valence-electron chi connectivity index (χ1n) is 8.62. The van der Waals surface area contributed by atoms with E-state index >= 15 is 0 Å². The Hall–Kier alpha value is -2.54. The van der Waals surface area contributed by atoms with Gasteiger partial charge in [-0.25, -0.2) is 13.2 Å². The average Bonchev–Trinajstić information content (AvgIpc) is 2.63. The quantitative estimate of drug-likeness (QED) is 0.863. The van der Waals surface area contributed by atoms with Crippen molar-refractivity contribution in [1.82, 2.24) is 4.90 Å². The molecule has 0 fully saturated rings. The van der Waals surface area contributed by atoms with Gasteiger partial charge in [-0.1, -0.05) is 24.3 Å². The van der Waals surface area contributed by atoms with Gasteiger partial charge in [-0.15, -0.1) is 0 Å². The van der Waals surface area contributed by atoms with E-state index in [4.69, 9.17) is 0 Å². The van der Waals surface area contributed by atoms with Crippen LogP contribution >= 0.6 is 0 Å². The lowest BCUT2D eigenvalue weighted by Crippen LogP contribution is -2.38. The molecule has 26 heavy (non-hydrogen) atoms. The van der Waals surface area contributed by atoms with Gasteiger partial charge in [-0.05, 0) is 55.2 Å². The maximum atomic E-state index is 12.6. The molecular weight excluding hydrogens is 350 g/mol. The van der Waals surface area contributed by atoms with Crippen LogP contribution in [-0.4, -0.2) is 31.6 Å². The summed E-state index contributed by atoms with van der Waals surface area (Å²) in [7, 11) is -3.32. The molecule has 1 aliphatic rings. The van der Waals surface area contributed by atoms with Gasteiger partial charge in [-0.3, -0.25) is 4.72 Å². The topological polar surface area (TPSA) is 78.5 Å². The minimum atomic E-state index is -3.32. The zero-order valence-electron chi connectivity index (χ0n) is 15.0. The lowest BCUT2D eigenvalue weighted by molar-refractivity contribution is 0.206. The summed E-state index contributed by atoms with van der Waals surface area (Å²) in [5, 5.41) is 2.90. The zero-order valence-corrected chi connectivity index (χ0v) is 15.8. The van der Waals surface area contributed by atoms with Crippen LogP contribution in [0, 0.1) is 6.92 Å². The van der Waals surface area contributed by atoms with Crippen molar-refractivity contribution in [2.45, 2.75) is 26.8 Å². The van der Waals surface area contributed by atoms with Crippen molar-refractivity contribution in [3.63, 3.8) is 0 Å². The molecule has 1 heterocycles. The third-order valence-electron chi connectivity index (χ3n) is 4.54. The Balaban J connectivity index is 1.68. The third kappa shape index (κ3) is 4.16. The van der Waals surface area contributed by atoms with Crippen molar-refractivity contribution in [1.29, 1.82) is 0 Å². The predicted octanol–water partition coefficient (Wildman–Crippen LogP) is 3.35. The number of hydrogen-bond acceptors (Lipinski definition) is 3. The molecule has 0 bridgehead atoms. The first-order chi connectivity index (χ1) is 12.4. The highest BCUT2D eigenvalue weighted by Crippen LogP contribution is 2.23. The molecule has 0 saturated carbocycles. The Morgan fingerprint density at radius 3 is 2.58 bits per heavy atom. The zero-order chi connectivity index (χ0) is 18.7. The normalized spacial score (nSPS) is 13.8. The molecule has 6 nitrogen and oxygen atoms in total. The Kier molecular flexibility index (Phi) is 5.18. The first kappa shape index (κ1) is 18.3. The maximum absolute atomic E-state index is 12.6. The summed E-state index contributed by atoms with van der Waals surface area (Å²) in [6.07, 6.45) is 0.848. The fourth-order valence-corrected chi connectivity index (χ4v) is 3.68. The lowest BCUT2D eigenvalue weighted by atomic mass is 10.0. The molecule has 7 heteroatoms. The van der Waals surface area contributed by atoms with Crippen LogP contribution in [0.15, 0.2) is 42.5 Å². The predicted molar refractivity (Wildman–Crippen MR) is 104 cm³/mol. The second kappa shape index (κ2) is 7.37. The van der Waals surface area contributed by atoms with E-state index in [1.165, 1.54) is 11.1 Å². The van der Waals surface area contributed by atoms with E-state index in [0.717, 1.165) is 12.0 Å². The van der Waals surface area contributed by atoms with Crippen LogP contribution in [0.5, 0.6) is 0 Å². The van der Waals surface area contributed by atoms with Gasteiger partial charge >= 0.3 is 6.03 Å². The molecule has 3 rings (SSSR count). The van der Waals surface area contributed by atoms with E-state index < -0.39 is 10.0 Å². The van der Waals surface area contributed by atoms with E-state index in [9.17, 15) is 13.2 Å². The summed E-state index contributed by atoms with van der Waals surface area (Å²) in [5.74, 6) is 0.0152. The smallest absolute Gasteiger partial charge is 0.320 e. The molecule has 2 aromatic rings. The van der Waals surface area contributed by atoms with Gasteiger partial charge in [0.1, 0.15) is 0 Å². The fourth-order valence-electron chi connectivity index (χ4n) is 2.97. The summed E-state index contributed by atoms with van der Waals surface area (Å²) in [4.78, 5) is 14.3. The van der Waals surface area contributed by atoms with Crippen molar-refractivity contribution in [2.75, 3.05) is 22.3 Å². The van der Waals surface area contributed by atoms with Crippen LogP contribution in [-0.2, 0) is 23.0 Å². The summed E-state index contributed by atoms with van der Waals surface area (Å²) in [6, 6.07) is 13.1. The molecule has 0 spiro atoms. The van der Waals surface area contributed by atoms with Crippen molar-refractivity contribution < 1.29 is 13.2 Å². The average molecular weight is 373 g/mol. The molecule has 0 aromatic heterocycles. The van der Waals surface area contributed by atoms with Crippen molar-refractivity contribution in [3.05, 3.63) is 59.2 Å². The Labute approximate surface area is 154 Å². The molecule has 2 N–H and O–H groups in total. The molecule has 0 atom stereocenters. The van der Waals surface area contributed by atoms with Gasteiger partial charge in [0.05, 0.1) is 11.4 Å². The van der Waals surface area contributed by atoms with Crippen molar-refractivity contribution >= 4 is 27.4 Å². The highest BCUT2D eigenvalue weighted by molar-refractivity contribution is 7.92. The minimum absolute atomic E-state index is 0.0152. The van der Waals surface area contributed by atoms with Gasteiger partial charge in [0.15, 0.2) is 0 Å². The van der Waals surface area contributed by atoms with Crippen LogP contribution in [0.1, 0.15) is 23.6 Å². The minimum Gasteiger partial charge on any atom is -0.320 e. The first-order valence-corrected chi connectivity index (χ1v) is 10.3. The number of urea groups is 1. The Bertz CT molecular complexity index is 925. The Morgan fingerprint density at radius 1 is 1.15 bits per heavy atom. The number of hydrogen-bond donors (Lipinski definition) is 2. The second-order valence-electron chi connectivity index (χ2n) is 6.41. The second-order valence-corrected chi connectivity index (χ2v) is 8.42. The van der Waals surface area contributed by atoms with Crippen LogP contribution < -0.4 is 10.0 Å². The molecule has 0 radical (unpaired) electrons. The Morgan fingerprint density at radius 2 is 1.88 bits per heavy atom. The number of nitrogens with one attached hydrogen (secondary N) is 2. The summed E-state index contributed by atoms with van der Waals surface area (Å²) >= 11 is 0. The molecule has 138 valence electrons. The number of carbonyl (C=O) groups excluding carboxylic acids is 1. The molecule has 1 aliphatic heterocycles. The molecule has 2 aromatic carbocycles. The summed E-state index contributed by atoms with van der Waals surface area (Å²) in [5.41, 5.74) is 4.39. The van der Waals surface area contributed by atoms with Crippen LogP contribution in [0.3, 0.4) is 0 Å². The van der Waals surface area contributed by atoms with Crippen LogP contribution in [0.25, 0.3) is 0 Å². The third-order valence-corrected chi connectivity index (χ3v) is 5.83. The number of rotatable bonds is 4. The van der Waals surface area contributed by atoms with Gasteiger partial charge < -0.3 is 10.2 Å². The SMILES string of the molecule is CCS(=O)(=O)Nc1ccc(NC(=O)N2CCc3ccccc3C2)cc1C. The number of aryl methyl sites for hydroxylation is 1. The molecule has 0 aliphatic carbocycles. The fraction of sp³-hybridized carbons (Fsp3) is 0.316. The van der Waals surface area contributed by atoms with E-state index in [0.29, 0.717) is 24.5 Å². The number of fused-ring (bicyclic) bond motifs is 1. The number of carbonyl (C=O) groups is 1. The largest absolute Gasteiger partial charge is 0.322 e. The number of anilines is 2. The van der Waals surface area contributed by atoms with Gasteiger partial charge in [0.2, 0.25) is 10.0 Å². The summed E-state index contributed by atoms with van der Waals surface area (Å²) in [6.45, 7) is 4.66. The monoisotopic (exact) mass is 373 g/mol. The lowest BCUT2D eigenvalue weighted by Gasteiger charge is -2.29. The van der Waals surface area contributed by atoms with E-state index in [1.54, 1.807) is 36.9 Å². The van der Waals surface area contributed by atoms with Gasteiger partial charge in [0.25, 0.3) is 0 Å². The van der Waals surface area contributed by atoms with Crippen LogP contribution in [0.4, 0.5) is 16.2 Å².